The molecule has 0 bridgehead atoms. The lowest BCUT2D eigenvalue weighted by molar-refractivity contribution is 0.752. The number of thioether (sulfide) groups is 2. The fourth-order valence-corrected chi connectivity index (χ4v) is 52.8. The van der Waals surface area contributed by atoms with Crippen molar-refractivity contribution in [3.8, 4) is 0 Å². The molecule has 0 aliphatic heterocycles. The van der Waals surface area contributed by atoms with Gasteiger partial charge in [0.05, 0.1) is 0 Å². The van der Waals surface area contributed by atoms with Crippen molar-refractivity contribution in [1.82, 2.24) is 0 Å². The molecule has 1 unspecified atom stereocenters. The van der Waals surface area contributed by atoms with Gasteiger partial charge in [0, 0.05) is 37.6 Å². The first-order valence-corrected chi connectivity index (χ1v) is 25.5. The quantitative estimate of drug-likeness (QED) is 0.0697. The van der Waals surface area contributed by atoms with Gasteiger partial charge >= 0.3 is 0 Å². The maximum absolute atomic E-state index is 2.73. The molecule has 0 saturated heterocycles. The highest BCUT2D eigenvalue weighted by Crippen LogP contribution is 3.23. The van der Waals surface area contributed by atoms with Crippen LogP contribution in [0.5, 0.6) is 0 Å². The second kappa shape index (κ2) is 16.8. The topological polar surface area (TPSA) is 0 Å². The van der Waals surface area contributed by atoms with Crippen LogP contribution in [-0.2, 0) is 0 Å². The van der Waals surface area contributed by atoms with E-state index in [-0.39, 0.29) is 4.75 Å². The lowest BCUT2D eigenvalue weighted by Gasteiger charge is -2.78. The molecule has 0 N–H and O–H groups in total. The second-order valence-electron chi connectivity index (χ2n) is 10.6. The molecule has 1 atom stereocenters. The summed E-state index contributed by atoms with van der Waals surface area (Å²) in [5.74, 6) is 7.22. The Kier molecular flexibility index (Phi) is 18.2. The minimum Gasteiger partial charge on any atom is -0.151 e. The van der Waals surface area contributed by atoms with Crippen LogP contribution in [0, 0.1) is 5.92 Å². The lowest BCUT2D eigenvalue weighted by Crippen LogP contribution is -2.30. The predicted molar refractivity (Wildman–Crippen MR) is 189 cm³/mol. The molecule has 0 heterocycles. The van der Waals surface area contributed by atoms with Crippen molar-refractivity contribution in [2.24, 2.45) is 5.92 Å². The van der Waals surface area contributed by atoms with Crippen LogP contribution < -0.4 is 0 Å². The van der Waals surface area contributed by atoms with Gasteiger partial charge in [0.1, 0.15) is 0 Å². The van der Waals surface area contributed by atoms with E-state index < -0.39 is 3.45 Å². The van der Waals surface area contributed by atoms with E-state index in [0.717, 1.165) is 10.5 Å². The van der Waals surface area contributed by atoms with Crippen LogP contribution in [0.15, 0.2) is 0 Å². The molecule has 0 aromatic heterocycles. The normalized spacial score (nSPS) is 16.1. The molecule has 0 fully saturated rings. The van der Waals surface area contributed by atoms with Gasteiger partial charge in [0.15, 0.2) is 0 Å². The molecule has 0 aromatic rings. The van der Waals surface area contributed by atoms with Gasteiger partial charge in [-0.1, -0.05) is 140 Å². The molecule has 0 radical (unpaired) electrons. The average Bonchev–Trinajstić information content (AvgIpc) is 2.72. The summed E-state index contributed by atoms with van der Waals surface area (Å²) in [7, 11) is 12.2. The van der Waals surface area contributed by atoms with Crippen LogP contribution >= 0.6 is 80.9 Å². The zero-order valence-corrected chi connectivity index (χ0v) is 30.8. The molecule has 0 aromatic carbocycles. The molecule has 0 spiro atoms. The van der Waals surface area contributed by atoms with Gasteiger partial charge in [-0.3, -0.25) is 0 Å². The number of hydrogen-bond acceptors (Lipinski definition) is 7. The summed E-state index contributed by atoms with van der Waals surface area (Å²) in [5.41, 5.74) is 0. The summed E-state index contributed by atoms with van der Waals surface area (Å²) in [6, 6.07) is 0. The Bertz CT molecular complexity index is 549. The van der Waals surface area contributed by atoms with Gasteiger partial charge in [0.2, 0.25) is 0 Å². The summed E-state index contributed by atoms with van der Waals surface area (Å²) >= 11 is 4.21. The molecular formula is C26H58S8. The van der Waals surface area contributed by atoms with Crippen LogP contribution in [-0.4, -0.2) is 49.6 Å². The van der Waals surface area contributed by atoms with E-state index in [1.807, 2.05) is 0 Å². The van der Waals surface area contributed by atoms with E-state index >= 15 is 0 Å². The van der Waals surface area contributed by atoms with Crippen molar-refractivity contribution in [3.63, 3.8) is 0 Å². The highest BCUT2D eigenvalue weighted by molar-refractivity contribution is 9.97. The smallest absolute Gasteiger partial charge is 0.0499 e. The fourth-order valence-electron chi connectivity index (χ4n) is 3.71. The summed E-state index contributed by atoms with van der Waals surface area (Å²) in [6.07, 6.45) is 10.3. The predicted octanol–water partition coefficient (Wildman–Crippen LogP) is 12.8. The molecule has 0 amide bonds. The highest BCUT2D eigenvalue weighted by Gasteiger charge is 2.64. The van der Waals surface area contributed by atoms with Gasteiger partial charge in [0.25, 0.3) is 0 Å². The SMILES string of the molecule is CCCCSS(CCCCC(SC)SCC)(SCCC)(SCC(C)C)(SC(C)C)SC(C)(C)C. The van der Waals surface area contributed by atoms with Crippen molar-refractivity contribution >= 4 is 80.9 Å². The van der Waals surface area contributed by atoms with Gasteiger partial charge in [-0.2, -0.15) is 11.8 Å². The zero-order chi connectivity index (χ0) is 26.4. The van der Waals surface area contributed by atoms with Crippen molar-refractivity contribution in [3.05, 3.63) is 0 Å². The molecule has 34 heavy (non-hydrogen) atoms. The maximum atomic E-state index is 2.49. The zero-order valence-electron chi connectivity index (χ0n) is 24.3. The van der Waals surface area contributed by atoms with Gasteiger partial charge < -0.3 is 0 Å². The highest BCUT2D eigenvalue weighted by atomic mass is 34.4. The fraction of sp³-hybridized carbons (Fsp3) is 1.00. The van der Waals surface area contributed by atoms with E-state index in [0.29, 0.717) is 5.25 Å². The summed E-state index contributed by atoms with van der Waals surface area (Å²) in [5, 5.41) is 0.643. The van der Waals surface area contributed by atoms with Crippen molar-refractivity contribution < 1.29 is 0 Å². The average molecular weight is 627 g/mol. The second-order valence-corrected chi connectivity index (χ2v) is 43.8. The van der Waals surface area contributed by atoms with Crippen LogP contribution in [0.2, 0.25) is 0 Å². The first kappa shape index (κ1) is 36.8. The first-order valence-electron chi connectivity index (χ1n) is 13.3. The van der Waals surface area contributed by atoms with Gasteiger partial charge in [-0.25, -0.2) is 0 Å². The Morgan fingerprint density at radius 3 is 1.91 bits per heavy atom. The minimum absolute atomic E-state index is 0.243. The van der Waals surface area contributed by atoms with E-state index in [1.54, 1.807) is 0 Å². The van der Waals surface area contributed by atoms with Crippen LogP contribution in [0.4, 0.5) is 0 Å². The molecule has 210 valence electrons. The monoisotopic (exact) mass is 626 g/mol. The van der Waals surface area contributed by atoms with E-state index in [4.69, 9.17) is 0 Å². The number of hydrogen-bond donors (Lipinski definition) is 0. The summed E-state index contributed by atoms with van der Waals surface area (Å²) < 4.78 is -1.72. The van der Waals surface area contributed by atoms with Gasteiger partial charge in [-0.05, 0) is 43.6 Å². The Labute approximate surface area is 242 Å². The molecule has 0 aliphatic rings. The standard InChI is InChI=1S/C26H58S8/c1-12-15-20-30-34(29-19-13-2,32-24(6)7,31-22-23(4)5,33-26(8,9)10)21-17-16-18-25(27-11)28-14-3/h23-25H,12-22H2,1-11H3. The Morgan fingerprint density at radius 1 is 0.794 bits per heavy atom. The molecule has 0 saturated carbocycles. The van der Waals surface area contributed by atoms with E-state index in [9.17, 15) is 0 Å². The first-order chi connectivity index (χ1) is 15.8. The third kappa shape index (κ3) is 12.8. The number of unbranched alkanes of at least 4 members (excludes halogenated alkanes) is 2. The minimum atomic E-state index is -2.73. The number of rotatable bonds is 21. The third-order valence-electron chi connectivity index (χ3n) is 4.83. The Hall–Kier alpha value is 2.80. The Morgan fingerprint density at radius 2 is 1.44 bits per heavy atom. The van der Waals surface area contributed by atoms with Crippen molar-refractivity contribution in [2.45, 2.75) is 122 Å². The van der Waals surface area contributed by atoms with Crippen LogP contribution in [0.1, 0.15) is 108 Å². The largest absolute Gasteiger partial charge is 0.151 e. The van der Waals surface area contributed by atoms with Crippen LogP contribution in [0.25, 0.3) is 0 Å². The lowest BCUT2D eigenvalue weighted by atomic mass is 10.3. The molecule has 0 nitrogen and oxygen atoms in total. The molecule has 0 rings (SSSR count). The third-order valence-corrected chi connectivity index (χ3v) is 43.6. The molecular weight excluding hydrogens is 569 g/mol. The van der Waals surface area contributed by atoms with E-state index in [2.05, 4.69) is 153 Å². The Balaban J connectivity index is 6.63. The van der Waals surface area contributed by atoms with Crippen LogP contribution in [0.3, 0.4) is 0 Å². The van der Waals surface area contributed by atoms with Crippen molar-refractivity contribution in [1.29, 1.82) is 0 Å². The summed E-state index contributed by atoms with van der Waals surface area (Å²) in [4.78, 5) is 0. The molecule has 0 aliphatic carbocycles. The van der Waals surface area contributed by atoms with Gasteiger partial charge in [-0.15, -0.1) is 11.8 Å². The molecule has 8 heteroatoms. The summed E-state index contributed by atoms with van der Waals surface area (Å²) in [6.45, 7) is 24.3. The van der Waals surface area contributed by atoms with Crippen molar-refractivity contribution in [2.75, 3.05) is 35.0 Å². The van der Waals surface area contributed by atoms with E-state index in [1.165, 1.54) is 67.3 Å². The maximum Gasteiger partial charge on any atom is 0.0499 e.